The monoisotopic (exact) mass is 430 g/mol. The third kappa shape index (κ3) is 4.98. The number of fused-ring (bicyclic) bond motifs is 1. The Kier molecular flexibility index (Phi) is 7.79. The Bertz CT molecular complexity index is 892. The van der Waals surface area contributed by atoms with Crippen molar-refractivity contribution in [2.75, 3.05) is 24.8 Å². The number of carbonyl (C=O) groups excluding carboxylic acids is 1. The number of thioether (sulfide) groups is 1. The van der Waals surface area contributed by atoms with Gasteiger partial charge in [0.15, 0.2) is 0 Å². The van der Waals surface area contributed by atoms with Gasteiger partial charge in [-0.2, -0.15) is 4.98 Å². The Labute approximate surface area is 182 Å². The van der Waals surface area contributed by atoms with Crippen molar-refractivity contribution < 1.29 is 14.3 Å². The van der Waals surface area contributed by atoms with Crippen molar-refractivity contribution in [1.82, 2.24) is 14.8 Å². The van der Waals surface area contributed by atoms with E-state index < -0.39 is 6.04 Å². The molecule has 0 spiro atoms. The van der Waals surface area contributed by atoms with Gasteiger partial charge in [0.25, 0.3) is 0 Å². The van der Waals surface area contributed by atoms with Crippen molar-refractivity contribution >= 4 is 23.7 Å². The molecule has 2 aromatic rings. The zero-order valence-electron chi connectivity index (χ0n) is 18.1. The molecule has 162 valence electrons. The fourth-order valence-corrected chi connectivity index (χ4v) is 4.28. The SMILES string of the molecule is CCCCCCSc1nc2n(n1)[C@@H](c1ccc(OC)cc1)C(C(=O)OCC)=C(C)N2. The van der Waals surface area contributed by atoms with Gasteiger partial charge in [0, 0.05) is 11.4 Å². The van der Waals surface area contributed by atoms with Gasteiger partial charge in [-0.15, -0.1) is 5.10 Å². The molecule has 30 heavy (non-hydrogen) atoms. The van der Waals surface area contributed by atoms with Crippen LogP contribution in [-0.2, 0) is 9.53 Å². The fourth-order valence-electron chi connectivity index (χ4n) is 3.45. The van der Waals surface area contributed by atoms with E-state index in [9.17, 15) is 4.79 Å². The lowest BCUT2D eigenvalue weighted by Gasteiger charge is -2.28. The first-order chi connectivity index (χ1) is 14.6. The summed E-state index contributed by atoms with van der Waals surface area (Å²) in [4.78, 5) is 17.5. The van der Waals surface area contributed by atoms with Crippen LogP contribution in [0.1, 0.15) is 58.1 Å². The average Bonchev–Trinajstić information content (AvgIpc) is 3.15. The van der Waals surface area contributed by atoms with E-state index in [1.165, 1.54) is 19.3 Å². The summed E-state index contributed by atoms with van der Waals surface area (Å²) < 4.78 is 12.4. The molecule has 1 aliphatic heterocycles. The molecular formula is C22H30N4O3S. The number of rotatable bonds is 10. The first kappa shape index (κ1) is 22.2. The summed E-state index contributed by atoms with van der Waals surface area (Å²) in [6.45, 7) is 6.20. The Hall–Kier alpha value is -2.48. The van der Waals surface area contributed by atoms with Crippen molar-refractivity contribution in [1.29, 1.82) is 0 Å². The highest BCUT2D eigenvalue weighted by Gasteiger charge is 2.35. The zero-order valence-corrected chi connectivity index (χ0v) is 18.9. The van der Waals surface area contributed by atoms with Crippen LogP contribution in [0.4, 0.5) is 5.95 Å². The molecule has 0 radical (unpaired) electrons. The Morgan fingerprint density at radius 2 is 1.97 bits per heavy atom. The quantitative estimate of drug-likeness (QED) is 0.329. The lowest BCUT2D eigenvalue weighted by atomic mass is 9.96. The van der Waals surface area contributed by atoms with E-state index >= 15 is 0 Å². The molecule has 0 unspecified atom stereocenters. The molecule has 8 heteroatoms. The number of allylic oxidation sites excluding steroid dienone is 1. The molecule has 1 aromatic carbocycles. The highest BCUT2D eigenvalue weighted by molar-refractivity contribution is 7.99. The second-order valence-corrected chi connectivity index (χ2v) is 8.19. The number of hydrogen-bond acceptors (Lipinski definition) is 7. The van der Waals surface area contributed by atoms with Crippen LogP contribution in [-0.4, -0.2) is 40.2 Å². The predicted octanol–water partition coefficient (Wildman–Crippen LogP) is 4.81. The maximum Gasteiger partial charge on any atom is 0.338 e. The maximum atomic E-state index is 12.8. The van der Waals surface area contributed by atoms with Crippen molar-refractivity contribution in [3.63, 3.8) is 0 Å². The average molecular weight is 431 g/mol. The van der Waals surface area contributed by atoms with Crippen LogP contribution in [0.3, 0.4) is 0 Å². The molecule has 0 bridgehead atoms. The lowest BCUT2D eigenvalue weighted by molar-refractivity contribution is -0.139. The smallest absolute Gasteiger partial charge is 0.338 e. The molecule has 0 fully saturated rings. The second kappa shape index (κ2) is 10.5. The third-order valence-electron chi connectivity index (χ3n) is 4.99. The molecule has 1 aromatic heterocycles. The molecule has 0 saturated carbocycles. The molecule has 3 rings (SSSR count). The summed E-state index contributed by atoms with van der Waals surface area (Å²) in [6.07, 6.45) is 4.83. The van der Waals surface area contributed by atoms with E-state index in [1.54, 1.807) is 30.5 Å². The molecule has 1 N–H and O–H groups in total. The summed E-state index contributed by atoms with van der Waals surface area (Å²) in [7, 11) is 1.63. The van der Waals surface area contributed by atoms with Crippen LogP contribution in [0.25, 0.3) is 0 Å². The normalized spacial score (nSPS) is 15.5. The molecule has 0 amide bonds. The van der Waals surface area contributed by atoms with E-state index in [1.807, 2.05) is 31.2 Å². The van der Waals surface area contributed by atoms with Gasteiger partial charge < -0.3 is 14.8 Å². The molecule has 1 aliphatic rings. The molecule has 7 nitrogen and oxygen atoms in total. The highest BCUT2D eigenvalue weighted by Crippen LogP contribution is 2.37. The van der Waals surface area contributed by atoms with E-state index in [4.69, 9.17) is 14.6 Å². The standard InChI is InChI=1S/C22H30N4O3S/c1-5-7-8-9-14-30-22-24-21-23-15(3)18(20(27)29-6-2)19(26(21)25-22)16-10-12-17(28-4)13-11-16/h10-13,19H,5-9,14H2,1-4H3,(H,23,24,25)/t19-/m0/s1. The first-order valence-corrected chi connectivity index (χ1v) is 11.5. The van der Waals surface area contributed by atoms with Gasteiger partial charge in [0.05, 0.1) is 19.3 Å². The summed E-state index contributed by atoms with van der Waals surface area (Å²) in [6, 6.07) is 7.26. The number of unbranched alkanes of at least 4 members (excludes halogenated alkanes) is 3. The number of methoxy groups -OCH3 is 1. The number of benzene rings is 1. The number of ether oxygens (including phenoxy) is 2. The van der Waals surface area contributed by atoms with Crippen LogP contribution in [0.15, 0.2) is 40.7 Å². The van der Waals surface area contributed by atoms with Gasteiger partial charge >= 0.3 is 5.97 Å². The van der Waals surface area contributed by atoms with Gasteiger partial charge in [-0.25, -0.2) is 9.48 Å². The Morgan fingerprint density at radius 1 is 1.20 bits per heavy atom. The number of carbonyl (C=O) groups is 1. The van der Waals surface area contributed by atoms with Crippen LogP contribution in [0.2, 0.25) is 0 Å². The van der Waals surface area contributed by atoms with Crippen molar-refractivity contribution in [3.05, 3.63) is 41.1 Å². The molecule has 0 saturated heterocycles. The predicted molar refractivity (Wildman–Crippen MR) is 119 cm³/mol. The van der Waals surface area contributed by atoms with Crippen LogP contribution in [0, 0.1) is 0 Å². The third-order valence-corrected chi connectivity index (χ3v) is 5.91. The second-order valence-electron chi connectivity index (χ2n) is 7.13. The maximum absolute atomic E-state index is 12.8. The molecule has 1 atom stereocenters. The summed E-state index contributed by atoms with van der Waals surface area (Å²) in [5.74, 6) is 2.03. The zero-order chi connectivity index (χ0) is 21.5. The van der Waals surface area contributed by atoms with E-state index in [-0.39, 0.29) is 5.97 Å². The number of nitrogens with one attached hydrogen (secondary N) is 1. The van der Waals surface area contributed by atoms with Gasteiger partial charge in [-0.05, 0) is 38.0 Å². The van der Waals surface area contributed by atoms with E-state index in [0.29, 0.717) is 23.3 Å². The van der Waals surface area contributed by atoms with Crippen molar-refractivity contribution in [3.8, 4) is 5.75 Å². The van der Waals surface area contributed by atoms with Gasteiger partial charge in [0.2, 0.25) is 11.1 Å². The van der Waals surface area contributed by atoms with Crippen molar-refractivity contribution in [2.24, 2.45) is 0 Å². The minimum absolute atomic E-state index is 0.314. The van der Waals surface area contributed by atoms with Gasteiger partial charge in [-0.3, -0.25) is 0 Å². The summed E-state index contributed by atoms with van der Waals surface area (Å²) >= 11 is 1.65. The van der Waals surface area contributed by atoms with Crippen LogP contribution < -0.4 is 10.1 Å². The minimum atomic E-state index is -0.409. The Morgan fingerprint density at radius 3 is 2.63 bits per heavy atom. The minimum Gasteiger partial charge on any atom is -0.497 e. The van der Waals surface area contributed by atoms with Crippen molar-refractivity contribution in [2.45, 2.75) is 57.7 Å². The molecular weight excluding hydrogens is 400 g/mol. The lowest BCUT2D eigenvalue weighted by Crippen LogP contribution is -2.29. The topological polar surface area (TPSA) is 78.3 Å². The largest absolute Gasteiger partial charge is 0.497 e. The van der Waals surface area contributed by atoms with E-state index in [2.05, 4.69) is 17.2 Å². The number of anilines is 1. The number of esters is 1. The van der Waals surface area contributed by atoms with Gasteiger partial charge in [-0.1, -0.05) is 50.1 Å². The summed E-state index contributed by atoms with van der Waals surface area (Å²) in [5.41, 5.74) is 2.19. The molecule has 0 aliphatic carbocycles. The number of hydrogen-bond donors (Lipinski definition) is 1. The summed E-state index contributed by atoms with van der Waals surface area (Å²) in [5, 5.41) is 8.68. The first-order valence-electron chi connectivity index (χ1n) is 10.5. The fraction of sp³-hybridized carbons (Fsp3) is 0.500. The molecule has 2 heterocycles. The van der Waals surface area contributed by atoms with Crippen LogP contribution in [0.5, 0.6) is 5.75 Å². The van der Waals surface area contributed by atoms with Crippen LogP contribution >= 0.6 is 11.8 Å². The van der Waals surface area contributed by atoms with Gasteiger partial charge in [0.1, 0.15) is 11.8 Å². The highest BCUT2D eigenvalue weighted by atomic mass is 32.2. The number of aromatic nitrogens is 3. The number of nitrogens with zero attached hydrogens (tertiary/aromatic N) is 3. The van der Waals surface area contributed by atoms with E-state index in [0.717, 1.165) is 29.2 Å². The Balaban J connectivity index is 1.91.